The largest absolute Gasteiger partial charge is 0.331 e. The summed E-state index contributed by atoms with van der Waals surface area (Å²) in [6.07, 6.45) is 0. The lowest BCUT2D eigenvalue weighted by Crippen LogP contribution is -2.28. The molecule has 0 unspecified atom stereocenters. The number of anilines is 2. The summed E-state index contributed by atoms with van der Waals surface area (Å²) in [6.45, 7) is 0. The van der Waals surface area contributed by atoms with Gasteiger partial charge < -0.3 is 10.2 Å². The number of hydrogen-bond donors (Lipinski definition) is 2. The Balaban J connectivity index is 2.35. The Morgan fingerprint density at radius 1 is 1.00 bits per heavy atom. The molecule has 0 aliphatic heterocycles. The van der Waals surface area contributed by atoms with Crippen LogP contribution in [0.1, 0.15) is 0 Å². The molecule has 0 aliphatic carbocycles. The second-order valence-corrected chi connectivity index (χ2v) is 7.64. The van der Waals surface area contributed by atoms with E-state index in [-0.39, 0.29) is 26.7 Å². The number of nitrogens with one attached hydrogen (secondary N) is 2. The highest BCUT2D eigenvalue weighted by molar-refractivity contribution is 7.92. The van der Waals surface area contributed by atoms with Crippen LogP contribution in [-0.4, -0.2) is 33.4 Å². The minimum Gasteiger partial charge on any atom is -0.331 e. The summed E-state index contributed by atoms with van der Waals surface area (Å²) in [5, 5.41) is 3.03. The average Bonchev–Trinajstić information content (AvgIpc) is 2.47. The summed E-state index contributed by atoms with van der Waals surface area (Å²) in [6, 6.07) is 10.1. The SMILES string of the molecule is CN(C)C(=O)Nc1ccccc1NS(=O)(=O)c1cc(Cl)cc(Cl)c1. The number of nitrogens with zero attached hydrogens (tertiary/aromatic N) is 1. The van der Waals surface area contributed by atoms with Gasteiger partial charge in [-0.3, -0.25) is 4.72 Å². The van der Waals surface area contributed by atoms with E-state index >= 15 is 0 Å². The molecule has 0 atom stereocenters. The van der Waals surface area contributed by atoms with E-state index < -0.39 is 10.0 Å². The summed E-state index contributed by atoms with van der Waals surface area (Å²) in [5.41, 5.74) is 0.552. The van der Waals surface area contributed by atoms with Crippen LogP contribution in [0.5, 0.6) is 0 Å². The maximum Gasteiger partial charge on any atom is 0.321 e. The van der Waals surface area contributed by atoms with E-state index in [9.17, 15) is 13.2 Å². The van der Waals surface area contributed by atoms with Gasteiger partial charge in [-0.1, -0.05) is 35.3 Å². The third kappa shape index (κ3) is 4.53. The minimum absolute atomic E-state index is 0.0752. The first kappa shape index (κ1) is 18.4. The van der Waals surface area contributed by atoms with Gasteiger partial charge in [0.1, 0.15) is 0 Å². The Kier molecular flexibility index (Phi) is 5.58. The molecule has 9 heteroatoms. The number of amides is 2. The second kappa shape index (κ2) is 7.29. The van der Waals surface area contributed by atoms with Crippen LogP contribution in [0.15, 0.2) is 47.4 Å². The van der Waals surface area contributed by atoms with Crippen molar-refractivity contribution >= 4 is 50.6 Å². The molecule has 0 saturated carbocycles. The Morgan fingerprint density at radius 2 is 1.54 bits per heavy atom. The normalized spacial score (nSPS) is 11.0. The van der Waals surface area contributed by atoms with Crippen LogP contribution in [0.25, 0.3) is 0 Å². The maximum absolute atomic E-state index is 12.5. The van der Waals surface area contributed by atoms with Gasteiger partial charge in [0.05, 0.1) is 16.3 Å². The number of hydrogen-bond acceptors (Lipinski definition) is 3. The third-order valence-corrected chi connectivity index (χ3v) is 4.75. The number of sulfonamides is 1. The van der Waals surface area contributed by atoms with Crippen LogP contribution in [0.4, 0.5) is 16.2 Å². The van der Waals surface area contributed by atoms with Gasteiger partial charge in [0.15, 0.2) is 0 Å². The van der Waals surface area contributed by atoms with Crippen molar-refractivity contribution in [1.82, 2.24) is 4.90 Å². The van der Waals surface area contributed by atoms with E-state index in [0.29, 0.717) is 5.69 Å². The van der Waals surface area contributed by atoms with Crippen molar-refractivity contribution < 1.29 is 13.2 Å². The van der Waals surface area contributed by atoms with Crippen LogP contribution in [0.2, 0.25) is 10.0 Å². The summed E-state index contributed by atoms with van der Waals surface area (Å²) < 4.78 is 27.5. The summed E-state index contributed by atoms with van der Waals surface area (Å²) in [5.74, 6) is 0. The van der Waals surface area contributed by atoms with Gasteiger partial charge in [0.2, 0.25) is 0 Å². The second-order valence-electron chi connectivity index (χ2n) is 5.08. The van der Waals surface area contributed by atoms with E-state index in [0.717, 1.165) is 0 Å². The van der Waals surface area contributed by atoms with Gasteiger partial charge >= 0.3 is 6.03 Å². The first-order valence-electron chi connectivity index (χ1n) is 6.75. The van der Waals surface area contributed by atoms with Crippen LogP contribution in [0.3, 0.4) is 0 Å². The number of urea groups is 1. The monoisotopic (exact) mass is 387 g/mol. The van der Waals surface area contributed by atoms with Crippen molar-refractivity contribution in [3.63, 3.8) is 0 Å². The van der Waals surface area contributed by atoms with Crippen molar-refractivity contribution in [2.24, 2.45) is 0 Å². The fourth-order valence-corrected chi connectivity index (χ4v) is 3.60. The predicted octanol–water partition coefficient (Wildman–Crippen LogP) is 3.89. The van der Waals surface area contributed by atoms with Crippen molar-refractivity contribution in [3.05, 3.63) is 52.5 Å². The van der Waals surface area contributed by atoms with Crippen LogP contribution in [-0.2, 0) is 10.0 Å². The Bertz CT molecular complexity index is 850. The molecule has 2 aromatic carbocycles. The molecule has 0 bridgehead atoms. The maximum atomic E-state index is 12.5. The van der Waals surface area contributed by atoms with E-state index in [4.69, 9.17) is 23.2 Å². The van der Waals surface area contributed by atoms with Gasteiger partial charge in [0.25, 0.3) is 10.0 Å². The van der Waals surface area contributed by atoms with Gasteiger partial charge in [0, 0.05) is 24.1 Å². The van der Waals surface area contributed by atoms with E-state index in [1.54, 1.807) is 32.3 Å². The topological polar surface area (TPSA) is 78.5 Å². The molecule has 24 heavy (non-hydrogen) atoms. The zero-order valence-electron chi connectivity index (χ0n) is 12.9. The van der Waals surface area contributed by atoms with Crippen molar-refractivity contribution in [2.45, 2.75) is 4.90 Å². The number of para-hydroxylation sites is 2. The minimum atomic E-state index is -3.92. The molecule has 6 nitrogen and oxygen atoms in total. The molecule has 0 heterocycles. The van der Waals surface area contributed by atoms with E-state index in [1.165, 1.54) is 29.2 Å². The lowest BCUT2D eigenvalue weighted by molar-refractivity contribution is 0.230. The van der Waals surface area contributed by atoms with Gasteiger partial charge in [-0.05, 0) is 30.3 Å². The van der Waals surface area contributed by atoms with E-state index in [2.05, 4.69) is 10.0 Å². The lowest BCUT2D eigenvalue weighted by Gasteiger charge is -2.16. The molecule has 2 aromatic rings. The first-order valence-corrected chi connectivity index (χ1v) is 8.99. The van der Waals surface area contributed by atoms with E-state index in [1.807, 2.05) is 0 Å². The molecule has 128 valence electrons. The smallest absolute Gasteiger partial charge is 0.321 e. The van der Waals surface area contributed by atoms with Crippen molar-refractivity contribution in [3.8, 4) is 0 Å². The zero-order valence-corrected chi connectivity index (χ0v) is 15.2. The number of carbonyl (C=O) groups is 1. The lowest BCUT2D eigenvalue weighted by atomic mass is 10.3. The molecule has 2 amide bonds. The number of rotatable bonds is 4. The first-order chi connectivity index (χ1) is 11.2. The molecule has 0 aromatic heterocycles. The molecule has 0 aliphatic rings. The molecule has 0 fully saturated rings. The molecular weight excluding hydrogens is 373 g/mol. The van der Waals surface area contributed by atoms with Crippen LogP contribution in [0, 0.1) is 0 Å². The quantitative estimate of drug-likeness (QED) is 0.834. The number of benzene rings is 2. The predicted molar refractivity (Wildman–Crippen MR) is 96.4 cm³/mol. The Labute approximate surface area is 150 Å². The van der Waals surface area contributed by atoms with Gasteiger partial charge in [-0.25, -0.2) is 13.2 Å². The fraction of sp³-hybridized carbons (Fsp3) is 0.133. The highest BCUT2D eigenvalue weighted by Crippen LogP contribution is 2.27. The summed E-state index contributed by atoms with van der Waals surface area (Å²) in [4.78, 5) is 13.1. The van der Waals surface area contributed by atoms with Gasteiger partial charge in [-0.2, -0.15) is 0 Å². The molecule has 0 radical (unpaired) electrons. The number of carbonyl (C=O) groups excluding carboxylic acids is 1. The molecule has 0 spiro atoms. The third-order valence-electron chi connectivity index (χ3n) is 2.97. The standard InChI is InChI=1S/C15H15Cl2N3O3S/c1-20(2)15(21)18-13-5-3-4-6-14(13)19-24(22,23)12-8-10(16)7-11(17)9-12/h3-9,19H,1-2H3,(H,18,21). The van der Waals surface area contributed by atoms with Crippen LogP contribution >= 0.6 is 23.2 Å². The zero-order chi connectivity index (χ0) is 17.9. The molecule has 0 saturated heterocycles. The molecule has 2 N–H and O–H groups in total. The highest BCUT2D eigenvalue weighted by Gasteiger charge is 2.18. The summed E-state index contributed by atoms with van der Waals surface area (Å²) >= 11 is 11.7. The summed E-state index contributed by atoms with van der Waals surface area (Å²) in [7, 11) is -0.762. The van der Waals surface area contributed by atoms with Gasteiger partial charge in [-0.15, -0.1) is 0 Å². The average molecular weight is 388 g/mol. The molecule has 2 rings (SSSR count). The number of halogens is 2. The Morgan fingerprint density at radius 3 is 2.08 bits per heavy atom. The fourth-order valence-electron chi connectivity index (χ4n) is 1.80. The van der Waals surface area contributed by atoms with Crippen LogP contribution < -0.4 is 10.0 Å². The molecular formula is C15H15Cl2N3O3S. The van der Waals surface area contributed by atoms with Crippen molar-refractivity contribution in [2.75, 3.05) is 24.1 Å². The van der Waals surface area contributed by atoms with Crippen molar-refractivity contribution in [1.29, 1.82) is 0 Å². The highest BCUT2D eigenvalue weighted by atomic mass is 35.5. The Hall–Kier alpha value is -1.96.